The van der Waals surface area contributed by atoms with E-state index in [-0.39, 0.29) is 11.4 Å². The summed E-state index contributed by atoms with van der Waals surface area (Å²) in [4.78, 5) is 29.1. The van der Waals surface area contributed by atoms with Crippen molar-refractivity contribution in [2.75, 3.05) is 81.3 Å². The van der Waals surface area contributed by atoms with Crippen molar-refractivity contribution in [2.24, 2.45) is 0 Å². The van der Waals surface area contributed by atoms with Gasteiger partial charge in [0.05, 0.1) is 18.1 Å². The van der Waals surface area contributed by atoms with Gasteiger partial charge in [-0.05, 0) is 63.5 Å². The molecule has 2 aromatic heterocycles. The molecule has 0 saturated carbocycles. The van der Waals surface area contributed by atoms with E-state index in [0.717, 1.165) is 56.0 Å². The summed E-state index contributed by atoms with van der Waals surface area (Å²) in [5, 5.41) is 0. The lowest BCUT2D eigenvalue weighted by Crippen LogP contribution is -2.43. The molecule has 4 heterocycles. The highest BCUT2D eigenvalue weighted by molar-refractivity contribution is 7.89. The number of ether oxygens (including phenoxy) is 1. The van der Waals surface area contributed by atoms with E-state index >= 15 is 0 Å². The van der Waals surface area contributed by atoms with Gasteiger partial charge in [0.2, 0.25) is 16.0 Å². The monoisotopic (exact) mass is 659 g/mol. The standard InChI is InChI=1S/C34H45N9O3S/c1-26-9-7-12-29(23-26)47(44,45)37-15-8-16-43(24-27-10-5-4-6-11-27)32-31-30(35-25-36-32)33(41-19-21-46-22-20-41)39-34(38-31)42-17-13-28(14-18-42)40(2)3/h4-7,9-12,23,25,28,37H,8,13-22,24H2,1-3H3. The van der Waals surface area contributed by atoms with Gasteiger partial charge in [-0.25, -0.2) is 28.1 Å². The maximum Gasteiger partial charge on any atom is 0.240 e. The van der Waals surface area contributed by atoms with Crippen molar-refractivity contribution in [2.45, 2.75) is 43.7 Å². The summed E-state index contributed by atoms with van der Waals surface area (Å²) in [6, 6.07) is 17.7. The van der Waals surface area contributed by atoms with Crippen LogP contribution in [-0.2, 0) is 21.3 Å². The van der Waals surface area contributed by atoms with E-state index in [2.05, 4.69) is 50.5 Å². The molecule has 2 aliphatic heterocycles. The molecule has 0 bridgehead atoms. The highest BCUT2D eigenvalue weighted by atomic mass is 32.2. The lowest BCUT2D eigenvalue weighted by Gasteiger charge is -2.36. The van der Waals surface area contributed by atoms with E-state index in [1.807, 2.05) is 31.2 Å². The number of aromatic nitrogens is 4. The number of sulfonamides is 1. The van der Waals surface area contributed by atoms with Crippen molar-refractivity contribution in [1.82, 2.24) is 29.6 Å². The zero-order valence-corrected chi connectivity index (χ0v) is 28.4. The molecule has 0 aliphatic carbocycles. The van der Waals surface area contributed by atoms with Crippen LogP contribution in [0.4, 0.5) is 17.6 Å². The fourth-order valence-corrected chi connectivity index (χ4v) is 7.44. The van der Waals surface area contributed by atoms with E-state index in [0.29, 0.717) is 61.6 Å². The van der Waals surface area contributed by atoms with Crippen LogP contribution in [0, 0.1) is 6.92 Å². The Morgan fingerprint density at radius 1 is 0.915 bits per heavy atom. The average molecular weight is 660 g/mol. The summed E-state index contributed by atoms with van der Waals surface area (Å²) in [6.45, 7) is 7.75. The van der Waals surface area contributed by atoms with Crippen LogP contribution in [0.2, 0.25) is 0 Å². The molecular formula is C34H45N9O3S. The number of hydrogen-bond donors (Lipinski definition) is 1. The number of hydrogen-bond acceptors (Lipinski definition) is 11. The number of piperidine rings is 1. The minimum Gasteiger partial charge on any atom is -0.378 e. The summed E-state index contributed by atoms with van der Waals surface area (Å²) >= 11 is 0. The molecule has 1 N–H and O–H groups in total. The van der Waals surface area contributed by atoms with Gasteiger partial charge in [-0.15, -0.1) is 0 Å². The third-order valence-corrected chi connectivity index (χ3v) is 10.4. The SMILES string of the molecule is Cc1cccc(S(=O)(=O)NCCCN(Cc2ccccc2)c2ncnc3c(N4CCOCC4)nc(N4CCC(N(C)C)CC4)nc23)c1. The third kappa shape index (κ3) is 7.98. The van der Waals surface area contributed by atoms with Gasteiger partial charge in [0.15, 0.2) is 11.6 Å². The van der Waals surface area contributed by atoms with Crippen molar-refractivity contribution < 1.29 is 13.2 Å². The van der Waals surface area contributed by atoms with Crippen LogP contribution < -0.4 is 19.4 Å². The molecule has 13 heteroatoms. The van der Waals surface area contributed by atoms with Crippen molar-refractivity contribution in [3.05, 3.63) is 72.1 Å². The summed E-state index contributed by atoms with van der Waals surface area (Å²) in [5.41, 5.74) is 3.43. The molecule has 0 amide bonds. The second-order valence-electron chi connectivity index (χ2n) is 12.5. The van der Waals surface area contributed by atoms with Crippen LogP contribution in [0.1, 0.15) is 30.4 Å². The first-order valence-corrected chi connectivity index (χ1v) is 17.9. The van der Waals surface area contributed by atoms with E-state index in [1.165, 1.54) is 0 Å². The molecule has 2 aromatic carbocycles. The zero-order valence-electron chi connectivity index (χ0n) is 27.5. The van der Waals surface area contributed by atoms with Crippen LogP contribution in [0.15, 0.2) is 65.8 Å². The molecule has 2 fully saturated rings. The number of rotatable bonds is 12. The maximum atomic E-state index is 13.0. The number of nitrogens with zero attached hydrogens (tertiary/aromatic N) is 8. The molecule has 4 aromatic rings. The number of benzene rings is 2. The Labute approximate surface area is 277 Å². The quantitative estimate of drug-likeness (QED) is 0.225. The maximum absolute atomic E-state index is 13.0. The lowest BCUT2D eigenvalue weighted by molar-refractivity contribution is 0.122. The number of nitrogens with one attached hydrogen (secondary N) is 1. The van der Waals surface area contributed by atoms with E-state index in [1.54, 1.807) is 24.5 Å². The minimum atomic E-state index is -3.62. The number of aryl methyl sites for hydroxylation is 1. The van der Waals surface area contributed by atoms with Crippen LogP contribution in [0.5, 0.6) is 0 Å². The molecule has 6 rings (SSSR count). The van der Waals surface area contributed by atoms with Gasteiger partial charge in [-0.2, -0.15) is 4.98 Å². The largest absolute Gasteiger partial charge is 0.378 e. The molecule has 250 valence electrons. The molecule has 12 nitrogen and oxygen atoms in total. The van der Waals surface area contributed by atoms with E-state index < -0.39 is 10.0 Å². The van der Waals surface area contributed by atoms with Crippen LogP contribution in [-0.4, -0.2) is 106 Å². The van der Waals surface area contributed by atoms with Crippen LogP contribution in [0.25, 0.3) is 11.0 Å². The first-order chi connectivity index (χ1) is 22.8. The van der Waals surface area contributed by atoms with Crippen LogP contribution in [0.3, 0.4) is 0 Å². The van der Waals surface area contributed by atoms with Gasteiger partial charge in [0.25, 0.3) is 0 Å². The smallest absolute Gasteiger partial charge is 0.240 e. The van der Waals surface area contributed by atoms with Gasteiger partial charge in [0.1, 0.15) is 17.4 Å². The topological polar surface area (TPSA) is 120 Å². The Balaban J connectivity index is 1.32. The molecule has 0 unspecified atom stereocenters. The molecular weight excluding hydrogens is 615 g/mol. The number of anilines is 3. The fourth-order valence-electron chi connectivity index (χ4n) is 6.27. The zero-order chi connectivity index (χ0) is 32.8. The second-order valence-corrected chi connectivity index (χ2v) is 14.3. The number of fused-ring (bicyclic) bond motifs is 1. The Hall–Kier alpha value is -3.91. The molecule has 47 heavy (non-hydrogen) atoms. The van der Waals surface area contributed by atoms with Gasteiger partial charge < -0.3 is 24.3 Å². The summed E-state index contributed by atoms with van der Waals surface area (Å²) in [6.07, 6.45) is 4.23. The fraction of sp³-hybridized carbons (Fsp3) is 0.471. The van der Waals surface area contributed by atoms with Gasteiger partial charge in [-0.3, -0.25) is 0 Å². The Kier molecular flexibility index (Phi) is 10.5. The van der Waals surface area contributed by atoms with E-state index in [4.69, 9.17) is 24.7 Å². The predicted octanol–water partition coefficient (Wildman–Crippen LogP) is 3.47. The van der Waals surface area contributed by atoms with Crippen molar-refractivity contribution in [3.8, 4) is 0 Å². The Bertz CT molecular complexity index is 1740. The van der Waals surface area contributed by atoms with Gasteiger partial charge >= 0.3 is 0 Å². The first kappa shape index (κ1) is 33.0. The lowest BCUT2D eigenvalue weighted by atomic mass is 10.0. The first-order valence-electron chi connectivity index (χ1n) is 16.4. The van der Waals surface area contributed by atoms with Crippen molar-refractivity contribution >= 4 is 38.6 Å². The van der Waals surface area contributed by atoms with Gasteiger partial charge in [0, 0.05) is 51.9 Å². The Morgan fingerprint density at radius 3 is 2.40 bits per heavy atom. The van der Waals surface area contributed by atoms with E-state index in [9.17, 15) is 8.42 Å². The van der Waals surface area contributed by atoms with Crippen LogP contribution >= 0.6 is 0 Å². The summed E-state index contributed by atoms with van der Waals surface area (Å²) < 4.78 is 34.5. The highest BCUT2D eigenvalue weighted by Crippen LogP contribution is 2.32. The molecule has 2 saturated heterocycles. The molecule has 0 spiro atoms. The minimum absolute atomic E-state index is 0.273. The second kappa shape index (κ2) is 14.9. The average Bonchev–Trinajstić information content (AvgIpc) is 3.10. The Morgan fingerprint density at radius 2 is 1.68 bits per heavy atom. The van der Waals surface area contributed by atoms with Crippen molar-refractivity contribution in [1.29, 1.82) is 0 Å². The number of morpholine rings is 1. The predicted molar refractivity (Wildman–Crippen MR) is 186 cm³/mol. The third-order valence-electron chi connectivity index (χ3n) is 8.93. The summed E-state index contributed by atoms with van der Waals surface area (Å²) in [7, 11) is 0.658. The summed E-state index contributed by atoms with van der Waals surface area (Å²) in [5.74, 6) is 2.21. The van der Waals surface area contributed by atoms with Crippen molar-refractivity contribution in [3.63, 3.8) is 0 Å². The highest BCUT2D eigenvalue weighted by Gasteiger charge is 2.27. The molecule has 2 aliphatic rings. The molecule has 0 radical (unpaired) electrons. The normalized spacial score (nSPS) is 16.3. The van der Waals surface area contributed by atoms with Gasteiger partial charge in [-0.1, -0.05) is 42.5 Å². The molecule has 0 atom stereocenters.